The summed E-state index contributed by atoms with van der Waals surface area (Å²) in [7, 11) is 1.59. The average molecular weight is 388 g/mol. The van der Waals surface area contributed by atoms with E-state index < -0.39 is 11.8 Å². The molecule has 1 atom stereocenters. The molecule has 0 saturated carbocycles. The Morgan fingerprint density at radius 1 is 1.11 bits per heavy atom. The fourth-order valence-electron chi connectivity index (χ4n) is 3.20. The third-order valence-corrected chi connectivity index (χ3v) is 4.80. The molecule has 8 nitrogen and oxygen atoms in total. The van der Waals surface area contributed by atoms with E-state index >= 15 is 0 Å². The van der Waals surface area contributed by atoms with Gasteiger partial charge in [-0.15, -0.1) is 0 Å². The van der Waals surface area contributed by atoms with Gasteiger partial charge >= 0.3 is 11.8 Å². The lowest BCUT2D eigenvalue weighted by Crippen LogP contribution is -3.15. The molecule has 1 aromatic heterocycles. The van der Waals surface area contributed by atoms with Crippen LogP contribution in [0, 0.1) is 0 Å². The van der Waals surface area contributed by atoms with Crippen LogP contribution in [0.1, 0.15) is 17.4 Å². The summed E-state index contributed by atoms with van der Waals surface area (Å²) < 4.78 is 16.0. The maximum Gasteiger partial charge on any atom is 0.309 e. The molecule has 0 spiro atoms. The van der Waals surface area contributed by atoms with Crippen LogP contribution >= 0.6 is 0 Å². The van der Waals surface area contributed by atoms with E-state index in [0.29, 0.717) is 19.8 Å². The molecule has 3 N–H and O–H groups in total. The number of hydrogen-bond acceptors (Lipinski definition) is 5. The van der Waals surface area contributed by atoms with Gasteiger partial charge in [0.1, 0.15) is 18.8 Å². The van der Waals surface area contributed by atoms with Gasteiger partial charge in [0.15, 0.2) is 11.8 Å². The molecule has 1 aromatic carbocycles. The largest absolute Gasteiger partial charge is 0.497 e. The summed E-state index contributed by atoms with van der Waals surface area (Å²) in [5, 5.41) is 5.36. The van der Waals surface area contributed by atoms with Crippen molar-refractivity contribution in [2.24, 2.45) is 0 Å². The molecule has 3 rings (SSSR count). The molecule has 1 aliphatic rings. The SMILES string of the molecule is COc1ccc(CNC(=O)C(=O)NC[C@H](c2ccco2)[NH+]2CCOCC2)cc1. The fourth-order valence-corrected chi connectivity index (χ4v) is 3.20. The Labute approximate surface area is 163 Å². The first kappa shape index (κ1) is 19.9. The molecule has 1 fully saturated rings. The minimum absolute atomic E-state index is 0.0581. The summed E-state index contributed by atoms with van der Waals surface area (Å²) in [6.45, 7) is 3.58. The molecular weight excluding hydrogens is 362 g/mol. The lowest BCUT2D eigenvalue weighted by Gasteiger charge is -2.30. The molecule has 1 saturated heterocycles. The highest BCUT2D eigenvalue weighted by Gasteiger charge is 2.29. The van der Waals surface area contributed by atoms with Crippen molar-refractivity contribution in [2.45, 2.75) is 12.6 Å². The van der Waals surface area contributed by atoms with Gasteiger partial charge in [-0.2, -0.15) is 0 Å². The Morgan fingerprint density at radius 2 is 1.82 bits per heavy atom. The number of ether oxygens (including phenoxy) is 2. The number of benzene rings is 1. The number of furan rings is 1. The number of hydrogen-bond donors (Lipinski definition) is 3. The van der Waals surface area contributed by atoms with Gasteiger partial charge in [0, 0.05) is 6.54 Å². The molecule has 2 aromatic rings. The van der Waals surface area contributed by atoms with Crippen LogP contribution in [0.2, 0.25) is 0 Å². The Kier molecular flexibility index (Phi) is 7.05. The molecule has 28 heavy (non-hydrogen) atoms. The second-order valence-electron chi connectivity index (χ2n) is 6.58. The van der Waals surface area contributed by atoms with Crippen molar-refractivity contribution in [1.82, 2.24) is 10.6 Å². The molecule has 0 unspecified atom stereocenters. The van der Waals surface area contributed by atoms with E-state index in [1.54, 1.807) is 25.5 Å². The Balaban J connectivity index is 1.50. The minimum Gasteiger partial charge on any atom is -0.497 e. The Bertz CT molecular complexity index is 755. The molecule has 2 amide bonds. The van der Waals surface area contributed by atoms with Crippen LogP contribution in [0.4, 0.5) is 0 Å². The molecule has 0 bridgehead atoms. The topological polar surface area (TPSA) is 94.2 Å². The van der Waals surface area contributed by atoms with E-state index in [4.69, 9.17) is 13.9 Å². The number of rotatable bonds is 7. The zero-order chi connectivity index (χ0) is 19.8. The van der Waals surface area contributed by atoms with Crippen molar-refractivity contribution in [3.8, 4) is 5.75 Å². The number of morpholine rings is 1. The van der Waals surface area contributed by atoms with Crippen molar-refractivity contribution in [3.63, 3.8) is 0 Å². The second-order valence-corrected chi connectivity index (χ2v) is 6.58. The second kappa shape index (κ2) is 9.91. The molecule has 2 heterocycles. The van der Waals surface area contributed by atoms with E-state index in [1.807, 2.05) is 24.3 Å². The summed E-state index contributed by atoms with van der Waals surface area (Å²) in [4.78, 5) is 25.6. The summed E-state index contributed by atoms with van der Waals surface area (Å²) in [5.74, 6) is 0.210. The molecule has 1 aliphatic heterocycles. The fraction of sp³-hybridized carbons (Fsp3) is 0.400. The first-order valence-electron chi connectivity index (χ1n) is 9.32. The van der Waals surface area contributed by atoms with E-state index in [2.05, 4.69) is 10.6 Å². The minimum atomic E-state index is -0.661. The predicted octanol–water partition coefficient (Wildman–Crippen LogP) is -0.323. The lowest BCUT2D eigenvalue weighted by molar-refractivity contribution is -0.938. The van der Waals surface area contributed by atoms with Gasteiger partial charge in [-0.3, -0.25) is 9.59 Å². The van der Waals surface area contributed by atoms with Gasteiger partial charge < -0.3 is 29.4 Å². The van der Waals surface area contributed by atoms with Crippen molar-refractivity contribution < 1.29 is 28.4 Å². The standard InChI is InChI=1S/C20H25N3O5/c1-26-16-6-4-15(5-7-16)13-21-19(24)20(25)22-14-17(18-3-2-10-28-18)23-8-11-27-12-9-23/h2-7,10,17H,8-9,11-14H2,1H3,(H,21,24)(H,22,25)/p+1/t17-/m1/s1. The predicted molar refractivity (Wildman–Crippen MR) is 101 cm³/mol. The summed E-state index contributed by atoms with van der Waals surface area (Å²) >= 11 is 0. The van der Waals surface area contributed by atoms with Crippen LogP contribution in [-0.2, 0) is 20.9 Å². The first-order chi connectivity index (χ1) is 13.7. The van der Waals surface area contributed by atoms with E-state index in [0.717, 1.165) is 30.2 Å². The first-order valence-corrected chi connectivity index (χ1v) is 9.32. The number of nitrogens with one attached hydrogen (secondary N) is 3. The third kappa shape index (κ3) is 5.34. The Hall–Kier alpha value is -2.84. The van der Waals surface area contributed by atoms with Crippen LogP contribution in [0.3, 0.4) is 0 Å². The number of quaternary nitrogens is 1. The molecule has 150 valence electrons. The number of carbonyl (C=O) groups is 2. The third-order valence-electron chi connectivity index (χ3n) is 4.80. The highest BCUT2D eigenvalue weighted by Crippen LogP contribution is 2.11. The van der Waals surface area contributed by atoms with Crippen molar-refractivity contribution >= 4 is 11.8 Å². The average Bonchev–Trinajstić information content (AvgIpc) is 3.27. The summed E-state index contributed by atoms with van der Waals surface area (Å²) in [6.07, 6.45) is 1.62. The van der Waals surface area contributed by atoms with Crippen molar-refractivity contribution in [1.29, 1.82) is 0 Å². The van der Waals surface area contributed by atoms with Gasteiger partial charge in [0.25, 0.3) is 0 Å². The van der Waals surface area contributed by atoms with Crippen LogP contribution < -0.4 is 20.3 Å². The quantitative estimate of drug-likeness (QED) is 0.565. The van der Waals surface area contributed by atoms with Gasteiger partial charge in [-0.25, -0.2) is 0 Å². The zero-order valence-electron chi connectivity index (χ0n) is 15.9. The highest BCUT2D eigenvalue weighted by atomic mass is 16.5. The van der Waals surface area contributed by atoms with Gasteiger partial charge in [0.05, 0.1) is 33.1 Å². The maximum atomic E-state index is 12.2. The molecular formula is C20H26N3O5+. The van der Waals surface area contributed by atoms with Crippen LogP contribution in [0.15, 0.2) is 47.1 Å². The molecule has 0 radical (unpaired) electrons. The normalized spacial score (nSPS) is 15.6. The highest BCUT2D eigenvalue weighted by molar-refractivity contribution is 6.35. The molecule has 8 heteroatoms. The van der Waals surface area contributed by atoms with Gasteiger partial charge in [0.2, 0.25) is 0 Å². The van der Waals surface area contributed by atoms with Crippen LogP contribution in [-0.4, -0.2) is 51.8 Å². The maximum absolute atomic E-state index is 12.2. The number of methoxy groups -OCH3 is 1. The van der Waals surface area contributed by atoms with E-state index in [9.17, 15) is 9.59 Å². The summed E-state index contributed by atoms with van der Waals surface area (Å²) in [5.41, 5.74) is 0.883. The Morgan fingerprint density at radius 3 is 2.46 bits per heavy atom. The van der Waals surface area contributed by atoms with Gasteiger partial charge in [-0.05, 0) is 29.8 Å². The van der Waals surface area contributed by atoms with E-state index in [1.165, 1.54) is 4.90 Å². The number of amides is 2. The molecule has 0 aliphatic carbocycles. The van der Waals surface area contributed by atoms with Crippen molar-refractivity contribution in [3.05, 3.63) is 54.0 Å². The lowest BCUT2D eigenvalue weighted by atomic mass is 10.1. The summed E-state index contributed by atoms with van der Waals surface area (Å²) in [6, 6.07) is 10.9. The zero-order valence-corrected chi connectivity index (χ0v) is 15.9. The van der Waals surface area contributed by atoms with Crippen molar-refractivity contribution in [2.75, 3.05) is 40.0 Å². The smallest absolute Gasteiger partial charge is 0.309 e. The number of carbonyl (C=O) groups excluding carboxylic acids is 2. The monoisotopic (exact) mass is 388 g/mol. The van der Waals surface area contributed by atoms with E-state index in [-0.39, 0.29) is 12.6 Å². The van der Waals surface area contributed by atoms with Crippen LogP contribution in [0.25, 0.3) is 0 Å². The van der Waals surface area contributed by atoms with Crippen LogP contribution in [0.5, 0.6) is 5.75 Å². The van der Waals surface area contributed by atoms with Gasteiger partial charge in [-0.1, -0.05) is 12.1 Å².